The molecular weight excluding hydrogens is 394 g/mol. The van der Waals surface area contributed by atoms with Gasteiger partial charge in [0, 0.05) is 23.9 Å². The highest BCUT2D eigenvalue weighted by Crippen LogP contribution is 2.19. The van der Waals surface area contributed by atoms with Gasteiger partial charge in [-0.2, -0.15) is 0 Å². The fourth-order valence-corrected chi connectivity index (χ4v) is 2.68. The molecule has 0 aliphatic carbocycles. The van der Waals surface area contributed by atoms with Crippen molar-refractivity contribution in [2.45, 2.75) is 12.8 Å². The number of ketones is 1. The second kappa shape index (κ2) is 8.58. The van der Waals surface area contributed by atoms with Crippen LogP contribution in [0.3, 0.4) is 0 Å². The molecule has 5 nitrogen and oxygen atoms in total. The molecule has 132 valence electrons. The average molecular weight is 412 g/mol. The lowest BCUT2D eigenvalue weighted by atomic mass is 10.0. The number of rotatable bonds is 7. The van der Waals surface area contributed by atoms with E-state index in [4.69, 9.17) is 4.74 Å². The Kier molecular flexibility index (Phi) is 5.96. The maximum Gasteiger partial charge on any atom is 0.163 e. The summed E-state index contributed by atoms with van der Waals surface area (Å²) in [6.45, 7) is 0. The molecule has 26 heavy (non-hydrogen) atoms. The monoisotopic (exact) mass is 411 g/mol. The van der Waals surface area contributed by atoms with Crippen LogP contribution in [0.1, 0.15) is 22.3 Å². The number of nitrogens with one attached hydrogen (secondary N) is 1. The Balaban J connectivity index is 1.63. The molecule has 0 aliphatic rings. The molecule has 0 unspecified atom stereocenters. The number of Topliss-reactive ketones (excluding diaryl/α,β-unsaturated/α-hetero) is 1. The van der Waals surface area contributed by atoms with Crippen LogP contribution in [0.25, 0.3) is 0 Å². The summed E-state index contributed by atoms with van der Waals surface area (Å²) in [4.78, 5) is 20.9. The number of anilines is 2. The number of carbonyl (C=O) groups excluding carboxylic acids is 1. The third kappa shape index (κ3) is 4.89. The summed E-state index contributed by atoms with van der Waals surface area (Å²) in [5, 5.41) is 3.20. The maximum atomic E-state index is 12.5. The number of methoxy groups -OCH3 is 1. The van der Waals surface area contributed by atoms with E-state index in [9.17, 15) is 4.79 Å². The summed E-state index contributed by atoms with van der Waals surface area (Å²) in [6, 6.07) is 14.9. The van der Waals surface area contributed by atoms with Crippen molar-refractivity contribution in [2.75, 3.05) is 12.4 Å². The third-order valence-electron chi connectivity index (χ3n) is 3.86. The summed E-state index contributed by atoms with van der Waals surface area (Å²) < 4.78 is 5.89. The Labute approximate surface area is 160 Å². The van der Waals surface area contributed by atoms with E-state index in [0.717, 1.165) is 15.9 Å². The van der Waals surface area contributed by atoms with E-state index >= 15 is 0 Å². The second-order valence-corrected chi connectivity index (χ2v) is 6.51. The van der Waals surface area contributed by atoms with Gasteiger partial charge in [0.15, 0.2) is 5.78 Å². The predicted octanol–water partition coefficient (Wildman–Crippen LogP) is 4.81. The van der Waals surface area contributed by atoms with Crippen LogP contribution in [0.15, 0.2) is 65.5 Å². The topological polar surface area (TPSA) is 64.1 Å². The largest absolute Gasteiger partial charge is 0.495 e. The lowest BCUT2D eigenvalue weighted by Gasteiger charge is -2.08. The molecule has 0 spiro atoms. The number of hydrogen-bond donors (Lipinski definition) is 1. The number of pyridine rings is 2. The molecule has 0 saturated carbocycles. The van der Waals surface area contributed by atoms with Crippen LogP contribution >= 0.6 is 15.9 Å². The summed E-state index contributed by atoms with van der Waals surface area (Å²) in [5.74, 6) is 1.48. The summed E-state index contributed by atoms with van der Waals surface area (Å²) in [7, 11) is 1.60. The molecule has 0 fully saturated rings. The van der Waals surface area contributed by atoms with E-state index < -0.39 is 0 Å². The fourth-order valence-electron chi connectivity index (χ4n) is 2.45. The molecule has 0 aliphatic heterocycles. The van der Waals surface area contributed by atoms with Crippen LogP contribution in [0.4, 0.5) is 11.5 Å². The Morgan fingerprint density at radius 3 is 2.69 bits per heavy atom. The van der Waals surface area contributed by atoms with Gasteiger partial charge in [0.1, 0.15) is 16.2 Å². The third-order valence-corrected chi connectivity index (χ3v) is 4.33. The minimum Gasteiger partial charge on any atom is -0.495 e. The first kappa shape index (κ1) is 18.1. The van der Waals surface area contributed by atoms with Crippen LogP contribution in [0.5, 0.6) is 5.75 Å². The van der Waals surface area contributed by atoms with Gasteiger partial charge in [-0.25, -0.2) is 9.97 Å². The molecule has 6 heteroatoms. The average Bonchev–Trinajstić information content (AvgIpc) is 2.68. The van der Waals surface area contributed by atoms with E-state index in [2.05, 4.69) is 31.2 Å². The van der Waals surface area contributed by atoms with E-state index in [1.807, 2.05) is 48.5 Å². The summed E-state index contributed by atoms with van der Waals surface area (Å²) in [6.07, 6.45) is 4.53. The van der Waals surface area contributed by atoms with Crippen LogP contribution in [0.2, 0.25) is 0 Å². The van der Waals surface area contributed by atoms with Crippen molar-refractivity contribution in [3.8, 4) is 5.75 Å². The van der Waals surface area contributed by atoms with Crippen molar-refractivity contribution in [1.29, 1.82) is 0 Å². The van der Waals surface area contributed by atoms with Crippen molar-refractivity contribution >= 4 is 33.2 Å². The number of aromatic nitrogens is 2. The van der Waals surface area contributed by atoms with Gasteiger partial charge < -0.3 is 10.1 Å². The van der Waals surface area contributed by atoms with Gasteiger partial charge in [-0.1, -0.05) is 18.2 Å². The minimum absolute atomic E-state index is 0.0965. The number of carbonyl (C=O) groups is 1. The first-order valence-electron chi connectivity index (χ1n) is 8.15. The quantitative estimate of drug-likeness (QED) is 0.446. The molecule has 0 saturated heterocycles. The Bertz CT molecular complexity index is 880. The Morgan fingerprint density at radius 2 is 2.00 bits per heavy atom. The van der Waals surface area contributed by atoms with Gasteiger partial charge in [0.25, 0.3) is 0 Å². The van der Waals surface area contributed by atoms with Gasteiger partial charge in [0.2, 0.25) is 0 Å². The zero-order valence-electron chi connectivity index (χ0n) is 14.3. The van der Waals surface area contributed by atoms with E-state index in [1.54, 1.807) is 19.5 Å². The van der Waals surface area contributed by atoms with E-state index in [-0.39, 0.29) is 5.78 Å². The van der Waals surface area contributed by atoms with Crippen molar-refractivity contribution in [1.82, 2.24) is 9.97 Å². The number of halogens is 1. The highest BCUT2D eigenvalue weighted by molar-refractivity contribution is 9.10. The standard InChI is InChI=1S/C20H18BrN3O2/c1-26-17-7-10-20(23-13-17)24-16-4-2-3-15(11-16)18(25)8-5-14-6-9-19(21)22-12-14/h2-4,6-7,9-13H,5,8H2,1H3,(H,23,24). The number of ether oxygens (including phenoxy) is 1. The van der Waals surface area contributed by atoms with Crippen molar-refractivity contribution in [3.05, 3.63) is 76.7 Å². The number of nitrogens with zero attached hydrogens (tertiary/aromatic N) is 2. The van der Waals surface area contributed by atoms with Gasteiger partial charge in [-0.15, -0.1) is 0 Å². The summed E-state index contributed by atoms with van der Waals surface area (Å²) >= 11 is 3.31. The SMILES string of the molecule is COc1ccc(Nc2cccc(C(=O)CCc3ccc(Br)nc3)c2)nc1. The Hall–Kier alpha value is -2.73. The molecule has 3 rings (SSSR count). The van der Waals surface area contributed by atoms with Crippen molar-refractivity contribution < 1.29 is 9.53 Å². The van der Waals surface area contributed by atoms with E-state index in [1.165, 1.54) is 0 Å². The second-order valence-electron chi connectivity index (χ2n) is 5.70. The molecule has 3 aromatic rings. The lowest BCUT2D eigenvalue weighted by molar-refractivity contribution is 0.0983. The smallest absolute Gasteiger partial charge is 0.163 e. The van der Waals surface area contributed by atoms with Gasteiger partial charge >= 0.3 is 0 Å². The molecule has 2 aromatic heterocycles. The number of hydrogen-bond acceptors (Lipinski definition) is 5. The van der Waals surface area contributed by atoms with Crippen LogP contribution in [0, 0.1) is 0 Å². The van der Waals surface area contributed by atoms with Crippen LogP contribution in [-0.2, 0) is 6.42 Å². The minimum atomic E-state index is 0.0965. The van der Waals surface area contributed by atoms with E-state index in [0.29, 0.717) is 30.0 Å². The van der Waals surface area contributed by atoms with Crippen molar-refractivity contribution in [3.63, 3.8) is 0 Å². The van der Waals surface area contributed by atoms with Gasteiger partial charge in [-0.05, 0) is 58.2 Å². The zero-order chi connectivity index (χ0) is 18.4. The molecule has 0 bridgehead atoms. The first-order chi connectivity index (χ1) is 12.6. The lowest BCUT2D eigenvalue weighted by Crippen LogP contribution is -2.02. The molecule has 1 N–H and O–H groups in total. The molecule has 1 aromatic carbocycles. The number of aryl methyl sites for hydroxylation is 1. The van der Waals surface area contributed by atoms with Gasteiger partial charge in [-0.3, -0.25) is 4.79 Å². The molecule has 0 atom stereocenters. The van der Waals surface area contributed by atoms with Gasteiger partial charge in [0.05, 0.1) is 13.3 Å². The van der Waals surface area contributed by atoms with Crippen LogP contribution in [-0.4, -0.2) is 22.9 Å². The molecule has 0 amide bonds. The number of benzene rings is 1. The zero-order valence-corrected chi connectivity index (χ0v) is 15.9. The van der Waals surface area contributed by atoms with Crippen molar-refractivity contribution in [2.24, 2.45) is 0 Å². The predicted molar refractivity (Wildman–Crippen MR) is 105 cm³/mol. The Morgan fingerprint density at radius 1 is 1.12 bits per heavy atom. The molecule has 2 heterocycles. The highest BCUT2D eigenvalue weighted by atomic mass is 79.9. The highest BCUT2D eigenvalue weighted by Gasteiger charge is 2.08. The summed E-state index contributed by atoms with van der Waals surface area (Å²) in [5.41, 5.74) is 2.53. The molecule has 0 radical (unpaired) electrons. The normalized spacial score (nSPS) is 10.4. The molecular formula is C20H18BrN3O2. The first-order valence-corrected chi connectivity index (χ1v) is 8.94. The van der Waals surface area contributed by atoms with Crippen LogP contribution < -0.4 is 10.1 Å². The fraction of sp³-hybridized carbons (Fsp3) is 0.150. The maximum absolute atomic E-state index is 12.5.